The second-order valence-electron chi connectivity index (χ2n) is 7.41. The van der Waals surface area contributed by atoms with Gasteiger partial charge in [-0.1, -0.05) is 18.9 Å². The molecule has 0 spiro atoms. The van der Waals surface area contributed by atoms with Crippen LogP contribution in [-0.4, -0.2) is 26.3 Å². The molecule has 0 radical (unpaired) electrons. The number of aromatic hydroxyl groups is 1. The first kappa shape index (κ1) is 17.0. The van der Waals surface area contributed by atoms with E-state index < -0.39 is 0 Å². The molecule has 4 nitrogen and oxygen atoms in total. The van der Waals surface area contributed by atoms with Crippen LogP contribution < -0.4 is 0 Å². The van der Waals surface area contributed by atoms with Crippen molar-refractivity contribution in [3.8, 4) is 17.0 Å². The summed E-state index contributed by atoms with van der Waals surface area (Å²) in [6.07, 6.45) is 3.71. The number of phenols is 1. The standard InChI is InChI=1S/C22H24N2O2/c1-13-11-14(2)21(20(26)12-13)18-10-8-15-7-9-17(23-22(15)24-18)16-5-3-4-6-19(16)25/h7-12,16,19,25-26H,3-6H2,1-2H3. The molecule has 2 aromatic heterocycles. The summed E-state index contributed by atoms with van der Waals surface area (Å²) in [6.45, 7) is 3.95. The Morgan fingerprint density at radius 1 is 0.962 bits per heavy atom. The van der Waals surface area contributed by atoms with Gasteiger partial charge < -0.3 is 10.2 Å². The summed E-state index contributed by atoms with van der Waals surface area (Å²) in [5.41, 5.74) is 5.07. The zero-order chi connectivity index (χ0) is 18.3. The van der Waals surface area contributed by atoms with Crippen LogP contribution in [0.25, 0.3) is 22.3 Å². The van der Waals surface area contributed by atoms with Crippen molar-refractivity contribution in [2.75, 3.05) is 0 Å². The SMILES string of the molecule is Cc1cc(C)c(-c2ccc3ccc(C4CCCCC4O)nc3n2)c(O)c1. The Morgan fingerprint density at radius 2 is 1.73 bits per heavy atom. The minimum Gasteiger partial charge on any atom is -0.507 e. The van der Waals surface area contributed by atoms with Crippen molar-refractivity contribution in [1.29, 1.82) is 0 Å². The highest BCUT2D eigenvalue weighted by Crippen LogP contribution is 2.35. The Labute approximate surface area is 153 Å². The largest absolute Gasteiger partial charge is 0.507 e. The number of aliphatic hydroxyl groups is 1. The van der Waals surface area contributed by atoms with Crippen LogP contribution in [0.2, 0.25) is 0 Å². The van der Waals surface area contributed by atoms with Gasteiger partial charge in [0.05, 0.1) is 11.8 Å². The molecule has 26 heavy (non-hydrogen) atoms. The molecule has 2 heterocycles. The fraction of sp³-hybridized carbons (Fsp3) is 0.364. The van der Waals surface area contributed by atoms with Crippen molar-refractivity contribution >= 4 is 11.0 Å². The summed E-state index contributed by atoms with van der Waals surface area (Å²) in [5, 5.41) is 21.7. The number of hydrogen-bond donors (Lipinski definition) is 2. The van der Waals surface area contributed by atoms with Crippen LogP contribution in [0.1, 0.15) is 48.4 Å². The Bertz CT molecular complexity index is 945. The van der Waals surface area contributed by atoms with Crippen LogP contribution in [0, 0.1) is 13.8 Å². The summed E-state index contributed by atoms with van der Waals surface area (Å²) < 4.78 is 0. The van der Waals surface area contributed by atoms with Crippen molar-refractivity contribution in [2.24, 2.45) is 0 Å². The molecule has 0 bridgehead atoms. The van der Waals surface area contributed by atoms with E-state index in [4.69, 9.17) is 9.97 Å². The average Bonchev–Trinajstić information content (AvgIpc) is 2.60. The normalized spacial score (nSPS) is 20.4. The van der Waals surface area contributed by atoms with Gasteiger partial charge in [-0.15, -0.1) is 0 Å². The van der Waals surface area contributed by atoms with Gasteiger partial charge in [-0.2, -0.15) is 0 Å². The second kappa shape index (κ2) is 6.69. The zero-order valence-electron chi connectivity index (χ0n) is 15.2. The van der Waals surface area contributed by atoms with Gasteiger partial charge in [-0.25, -0.2) is 9.97 Å². The van der Waals surface area contributed by atoms with E-state index in [9.17, 15) is 10.2 Å². The van der Waals surface area contributed by atoms with Crippen molar-refractivity contribution < 1.29 is 10.2 Å². The van der Waals surface area contributed by atoms with Gasteiger partial charge in [-0.05, 0) is 68.1 Å². The number of hydrogen-bond acceptors (Lipinski definition) is 4. The Balaban J connectivity index is 1.79. The quantitative estimate of drug-likeness (QED) is 0.708. The molecule has 1 aliphatic carbocycles. The summed E-state index contributed by atoms with van der Waals surface area (Å²) >= 11 is 0. The van der Waals surface area contributed by atoms with E-state index in [1.807, 2.05) is 44.2 Å². The Kier molecular flexibility index (Phi) is 4.37. The molecule has 4 heteroatoms. The monoisotopic (exact) mass is 348 g/mol. The lowest BCUT2D eigenvalue weighted by molar-refractivity contribution is 0.104. The highest BCUT2D eigenvalue weighted by molar-refractivity contribution is 5.81. The fourth-order valence-corrected chi connectivity index (χ4v) is 4.09. The topological polar surface area (TPSA) is 66.2 Å². The third-order valence-electron chi connectivity index (χ3n) is 5.40. The van der Waals surface area contributed by atoms with Crippen LogP contribution in [0.5, 0.6) is 5.75 Å². The van der Waals surface area contributed by atoms with E-state index in [0.29, 0.717) is 5.65 Å². The van der Waals surface area contributed by atoms with E-state index in [1.54, 1.807) is 6.07 Å². The van der Waals surface area contributed by atoms with E-state index in [1.165, 1.54) is 0 Å². The van der Waals surface area contributed by atoms with Crippen molar-refractivity contribution in [2.45, 2.75) is 51.6 Å². The highest BCUT2D eigenvalue weighted by atomic mass is 16.3. The lowest BCUT2D eigenvalue weighted by Gasteiger charge is -2.27. The number of aliphatic hydroxyl groups excluding tert-OH is 1. The average molecular weight is 348 g/mol. The Morgan fingerprint density at radius 3 is 2.50 bits per heavy atom. The Hall–Kier alpha value is -2.46. The van der Waals surface area contributed by atoms with E-state index in [-0.39, 0.29) is 17.8 Å². The van der Waals surface area contributed by atoms with Gasteiger partial charge in [0.25, 0.3) is 0 Å². The molecule has 1 saturated carbocycles. The van der Waals surface area contributed by atoms with Crippen molar-refractivity contribution in [3.05, 3.63) is 53.2 Å². The van der Waals surface area contributed by atoms with Crippen LogP contribution in [0.3, 0.4) is 0 Å². The van der Waals surface area contributed by atoms with Crippen molar-refractivity contribution in [1.82, 2.24) is 9.97 Å². The number of benzene rings is 1. The molecule has 1 fully saturated rings. The molecule has 0 saturated heterocycles. The number of pyridine rings is 2. The zero-order valence-corrected chi connectivity index (χ0v) is 15.2. The predicted octanol–water partition coefficient (Wildman–Crippen LogP) is 4.64. The van der Waals surface area contributed by atoms with Crippen LogP contribution in [0.15, 0.2) is 36.4 Å². The number of fused-ring (bicyclic) bond motifs is 1. The molecule has 134 valence electrons. The minimum absolute atomic E-state index is 0.0909. The van der Waals surface area contributed by atoms with E-state index >= 15 is 0 Å². The number of rotatable bonds is 2. The van der Waals surface area contributed by atoms with Crippen LogP contribution >= 0.6 is 0 Å². The van der Waals surface area contributed by atoms with Gasteiger partial charge in [0, 0.05) is 22.6 Å². The molecule has 1 aliphatic rings. The first-order valence-electron chi connectivity index (χ1n) is 9.29. The molecular weight excluding hydrogens is 324 g/mol. The molecule has 2 N–H and O–H groups in total. The third kappa shape index (κ3) is 3.06. The summed E-state index contributed by atoms with van der Waals surface area (Å²) in [6, 6.07) is 11.8. The van der Waals surface area contributed by atoms with Gasteiger partial charge in [-0.3, -0.25) is 0 Å². The van der Waals surface area contributed by atoms with Crippen LogP contribution in [-0.2, 0) is 0 Å². The number of aryl methyl sites for hydroxylation is 2. The smallest absolute Gasteiger partial charge is 0.160 e. The lowest BCUT2D eigenvalue weighted by Crippen LogP contribution is -2.23. The summed E-state index contributed by atoms with van der Waals surface area (Å²) in [7, 11) is 0. The molecule has 4 rings (SSSR count). The fourth-order valence-electron chi connectivity index (χ4n) is 4.09. The number of phenolic OH excluding ortho intramolecular Hbond substituents is 1. The molecule has 3 aromatic rings. The van der Waals surface area contributed by atoms with E-state index in [0.717, 1.165) is 59.1 Å². The maximum Gasteiger partial charge on any atom is 0.160 e. The van der Waals surface area contributed by atoms with Gasteiger partial charge in [0.1, 0.15) is 5.75 Å². The van der Waals surface area contributed by atoms with Gasteiger partial charge in [0.15, 0.2) is 5.65 Å². The predicted molar refractivity (Wildman–Crippen MR) is 103 cm³/mol. The molecular formula is C22H24N2O2. The summed E-state index contributed by atoms with van der Waals surface area (Å²) in [5.74, 6) is 0.335. The molecule has 0 amide bonds. The number of aromatic nitrogens is 2. The van der Waals surface area contributed by atoms with E-state index in [2.05, 4.69) is 0 Å². The maximum absolute atomic E-state index is 10.4. The first-order chi connectivity index (χ1) is 12.5. The lowest BCUT2D eigenvalue weighted by atomic mass is 9.84. The maximum atomic E-state index is 10.4. The van der Waals surface area contributed by atoms with Crippen LogP contribution in [0.4, 0.5) is 0 Å². The summed E-state index contributed by atoms with van der Waals surface area (Å²) in [4.78, 5) is 9.48. The van der Waals surface area contributed by atoms with Gasteiger partial charge >= 0.3 is 0 Å². The highest BCUT2D eigenvalue weighted by Gasteiger charge is 2.26. The first-order valence-corrected chi connectivity index (χ1v) is 9.29. The molecule has 2 unspecified atom stereocenters. The number of nitrogens with zero attached hydrogens (tertiary/aromatic N) is 2. The van der Waals surface area contributed by atoms with Crippen molar-refractivity contribution in [3.63, 3.8) is 0 Å². The second-order valence-corrected chi connectivity index (χ2v) is 7.41. The molecule has 2 atom stereocenters. The third-order valence-corrected chi connectivity index (χ3v) is 5.40. The van der Waals surface area contributed by atoms with Gasteiger partial charge in [0.2, 0.25) is 0 Å². The molecule has 1 aromatic carbocycles. The molecule has 0 aliphatic heterocycles. The minimum atomic E-state index is -0.319.